The van der Waals surface area contributed by atoms with Crippen LogP contribution >= 0.6 is 23.8 Å². The molecule has 0 aliphatic heterocycles. The molecule has 0 atom stereocenters. The number of benzene rings is 1. The first-order chi connectivity index (χ1) is 9.10. The second kappa shape index (κ2) is 5.95. The molecule has 0 amide bonds. The number of halogens is 1. The second-order valence-electron chi connectivity index (χ2n) is 3.81. The number of hydrogen-bond acceptors (Lipinski definition) is 4. The van der Waals surface area contributed by atoms with Gasteiger partial charge in [-0.25, -0.2) is 9.97 Å². The summed E-state index contributed by atoms with van der Waals surface area (Å²) in [5, 5.41) is 0.727. The van der Waals surface area contributed by atoms with Crippen LogP contribution in [0, 0.1) is 0 Å². The maximum absolute atomic E-state index is 6.04. The Morgan fingerprint density at radius 2 is 2.16 bits per heavy atom. The van der Waals surface area contributed by atoms with Crippen LogP contribution in [-0.2, 0) is 6.42 Å². The van der Waals surface area contributed by atoms with E-state index in [2.05, 4.69) is 9.97 Å². The summed E-state index contributed by atoms with van der Waals surface area (Å²) < 4.78 is 5.59. The third kappa shape index (κ3) is 3.39. The molecule has 4 nitrogen and oxygen atoms in total. The van der Waals surface area contributed by atoms with Gasteiger partial charge in [-0.1, -0.05) is 30.7 Å². The van der Waals surface area contributed by atoms with Crippen molar-refractivity contribution in [2.24, 2.45) is 5.73 Å². The maximum atomic E-state index is 6.04. The minimum Gasteiger partial charge on any atom is -0.437 e. The van der Waals surface area contributed by atoms with E-state index in [0.717, 1.165) is 17.0 Å². The Bertz CT molecular complexity index is 601. The number of thiocarbonyl (C=S) groups is 1. The monoisotopic (exact) mass is 293 g/mol. The first kappa shape index (κ1) is 13.7. The van der Waals surface area contributed by atoms with Gasteiger partial charge < -0.3 is 10.5 Å². The molecule has 2 aromatic rings. The summed E-state index contributed by atoms with van der Waals surface area (Å²) in [6.45, 7) is 2.03. The summed E-state index contributed by atoms with van der Waals surface area (Å²) >= 11 is 10.8. The van der Waals surface area contributed by atoms with Crippen molar-refractivity contribution < 1.29 is 4.74 Å². The van der Waals surface area contributed by atoms with Crippen LogP contribution in [-0.4, -0.2) is 15.0 Å². The van der Waals surface area contributed by atoms with E-state index in [0.29, 0.717) is 17.3 Å². The van der Waals surface area contributed by atoms with E-state index in [1.807, 2.05) is 13.0 Å². The molecule has 0 bridgehead atoms. The normalized spacial score (nSPS) is 10.2. The number of aryl methyl sites for hydroxylation is 1. The van der Waals surface area contributed by atoms with Gasteiger partial charge in [-0.3, -0.25) is 0 Å². The van der Waals surface area contributed by atoms with Crippen molar-refractivity contribution in [3.8, 4) is 11.6 Å². The maximum Gasteiger partial charge on any atom is 0.237 e. The van der Waals surface area contributed by atoms with Crippen LogP contribution in [0.5, 0.6) is 11.6 Å². The molecular formula is C13H12ClN3OS. The van der Waals surface area contributed by atoms with Crippen molar-refractivity contribution >= 4 is 28.8 Å². The van der Waals surface area contributed by atoms with Crippen molar-refractivity contribution in [2.45, 2.75) is 13.3 Å². The molecule has 0 fully saturated rings. The third-order valence-electron chi connectivity index (χ3n) is 2.50. The van der Waals surface area contributed by atoms with E-state index in [9.17, 15) is 0 Å². The minimum atomic E-state index is 0.207. The summed E-state index contributed by atoms with van der Waals surface area (Å²) in [5.41, 5.74) is 6.93. The molecule has 1 heterocycles. The molecule has 0 unspecified atom stereocenters. The SMILES string of the molecule is CCc1cc(Oc2cnc(C(N)=S)cn2)ccc1Cl. The molecule has 0 aliphatic rings. The highest BCUT2D eigenvalue weighted by Crippen LogP contribution is 2.25. The van der Waals surface area contributed by atoms with Crippen LogP contribution in [0.4, 0.5) is 0 Å². The topological polar surface area (TPSA) is 61.0 Å². The molecular weight excluding hydrogens is 282 g/mol. The lowest BCUT2D eigenvalue weighted by Gasteiger charge is -2.07. The Kier molecular flexibility index (Phi) is 4.29. The molecule has 0 saturated carbocycles. The van der Waals surface area contributed by atoms with E-state index >= 15 is 0 Å². The van der Waals surface area contributed by atoms with Crippen LogP contribution in [0.2, 0.25) is 5.02 Å². The molecule has 19 heavy (non-hydrogen) atoms. The van der Waals surface area contributed by atoms with Crippen LogP contribution in [0.3, 0.4) is 0 Å². The Morgan fingerprint density at radius 3 is 2.74 bits per heavy atom. The molecule has 0 spiro atoms. The molecule has 1 aromatic carbocycles. The Hall–Kier alpha value is -1.72. The average Bonchev–Trinajstić information content (AvgIpc) is 2.41. The predicted molar refractivity (Wildman–Crippen MR) is 78.8 cm³/mol. The van der Waals surface area contributed by atoms with Crippen LogP contribution in [0.25, 0.3) is 0 Å². The van der Waals surface area contributed by atoms with Gasteiger partial charge in [0, 0.05) is 5.02 Å². The average molecular weight is 294 g/mol. The molecule has 0 aliphatic carbocycles. The van der Waals surface area contributed by atoms with Gasteiger partial charge in [0.15, 0.2) is 0 Å². The van der Waals surface area contributed by atoms with E-state index in [-0.39, 0.29) is 4.99 Å². The van der Waals surface area contributed by atoms with Crippen molar-refractivity contribution in [2.75, 3.05) is 0 Å². The zero-order chi connectivity index (χ0) is 13.8. The highest BCUT2D eigenvalue weighted by Gasteiger charge is 2.05. The molecule has 0 saturated heterocycles. The third-order valence-corrected chi connectivity index (χ3v) is 3.08. The fourth-order valence-corrected chi connectivity index (χ4v) is 1.86. The number of aromatic nitrogens is 2. The number of hydrogen-bond donors (Lipinski definition) is 1. The predicted octanol–water partition coefficient (Wildman–Crippen LogP) is 3.12. The van der Waals surface area contributed by atoms with Crippen molar-refractivity contribution in [1.29, 1.82) is 0 Å². The van der Waals surface area contributed by atoms with Gasteiger partial charge in [0.25, 0.3) is 0 Å². The van der Waals surface area contributed by atoms with Gasteiger partial charge in [-0.2, -0.15) is 0 Å². The summed E-state index contributed by atoms with van der Waals surface area (Å²) in [5.74, 6) is 1.04. The van der Waals surface area contributed by atoms with Crippen LogP contribution in [0.1, 0.15) is 18.2 Å². The highest BCUT2D eigenvalue weighted by atomic mass is 35.5. The molecule has 6 heteroatoms. The Morgan fingerprint density at radius 1 is 1.37 bits per heavy atom. The van der Waals surface area contributed by atoms with Crippen molar-refractivity contribution in [3.63, 3.8) is 0 Å². The molecule has 2 rings (SSSR count). The van der Waals surface area contributed by atoms with Gasteiger partial charge in [-0.15, -0.1) is 0 Å². The van der Waals surface area contributed by atoms with Gasteiger partial charge in [-0.05, 0) is 30.2 Å². The summed E-state index contributed by atoms with van der Waals surface area (Å²) in [4.78, 5) is 8.35. The fraction of sp³-hybridized carbons (Fsp3) is 0.154. The Labute approximate surface area is 121 Å². The lowest BCUT2D eigenvalue weighted by atomic mass is 10.1. The quantitative estimate of drug-likeness (QED) is 0.878. The standard InChI is InChI=1S/C13H12ClN3OS/c1-2-8-5-9(3-4-10(8)14)18-12-7-16-11(6-17-12)13(15)19/h3-7H,2H2,1H3,(H2,15,19). The van der Waals surface area contributed by atoms with E-state index in [1.165, 1.54) is 12.4 Å². The second-order valence-corrected chi connectivity index (χ2v) is 4.66. The van der Waals surface area contributed by atoms with E-state index < -0.39 is 0 Å². The summed E-state index contributed by atoms with van der Waals surface area (Å²) in [6.07, 6.45) is 3.80. The number of rotatable bonds is 4. The van der Waals surface area contributed by atoms with Crippen LogP contribution in [0.15, 0.2) is 30.6 Å². The largest absolute Gasteiger partial charge is 0.437 e. The highest BCUT2D eigenvalue weighted by molar-refractivity contribution is 7.80. The van der Waals surface area contributed by atoms with E-state index in [1.54, 1.807) is 12.1 Å². The first-order valence-corrected chi connectivity index (χ1v) is 6.47. The molecule has 2 N–H and O–H groups in total. The van der Waals surface area contributed by atoms with Crippen molar-refractivity contribution in [3.05, 3.63) is 46.9 Å². The number of nitrogens with zero attached hydrogens (tertiary/aromatic N) is 2. The molecule has 1 aromatic heterocycles. The molecule has 0 radical (unpaired) electrons. The minimum absolute atomic E-state index is 0.207. The van der Waals surface area contributed by atoms with Gasteiger partial charge in [0.2, 0.25) is 5.88 Å². The zero-order valence-corrected chi connectivity index (χ0v) is 11.8. The Balaban J connectivity index is 2.19. The summed E-state index contributed by atoms with van der Waals surface area (Å²) in [7, 11) is 0. The van der Waals surface area contributed by atoms with Crippen LogP contribution < -0.4 is 10.5 Å². The first-order valence-electron chi connectivity index (χ1n) is 5.68. The molecule has 98 valence electrons. The van der Waals surface area contributed by atoms with Gasteiger partial charge in [0.05, 0.1) is 12.4 Å². The number of ether oxygens (including phenoxy) is 1. The fourth-order valence-electron chi connectivity index (χ4n) is 1.50. The lowest BCUT2D eigenvalue weighted by Crippen LogP contribution is -2.11. The number of nitrogens with two attached hydrogens (primary N) is 1. The van der Waals surface area contributed by atoms with Gasteiger partial charge in [0.1, 0.15) is 16.4 Å². The lowest BCUT2D eigenvalue weighted by molar-refractivity contribution is 0.459. The van der Waals surface area contributed by atoms with E-state index in [4.69, 9.17) is 34.3 Å². The smallest absolute Gasteiger partial charge is 0.237 e. The van der Waals surface area contributed by atoms with Gasteiger partial charge >= 0.3 is 0 Å². The van der Waals surface area contributed by atoms with Crippen molar-refractivity contribution in [1.82, 2.24) is 9.97 Å². The summed E-state index contributed by atoms with van der Waals surface area (Å²) in [6, 6.07) is 5.46. The zero-order valence-electron chi connectivity index (χ0n) is 10.3.